The predicted molar refractivity (Wildman–Crippen MR) is 84.9 cm³/mol. The predicted octanol–water partition coefficient (Wildman–Crippen LogP) is 1.60. The first-order valence-electron chi connectivity index (χ1n) is 7.50. The van der Waals surface area contributed by atoms with E-state index in [0.717, 1.165) is 12.1 Å². The maximum atomic E-state index is 12.9. The summed E-state index contributed by atoms with van der Waals surface area (Å²) >= 11 is 0. The first-order valence-corrected chi connectivity index (χ1v) is 7.50. The molecule has 0 aliphatic carbocycles. The molecular formula is C16H20N4O3. The zero-order valence-electron chi connectivity index (χ0n) is 13.5. The molecule has 0 N–H and O–H groups in total. The highest BCUT2D eigenvalue weighted by atomic mass is 16.5. The van der Waals surface area contributed by atoms with Crippen LogP contribution >= 0.6 is 0 Å². The van der Waals surface area contributed by atoms with Crippen LogP contribution < -0.4 is 9.64 Å². The van der Waals surface area contributed by atoms with Crippen LogP contribution in [0.1, 0.15) is 28.4 Å². The molecule has 7 heteroatoms. The highest BCUT2D eigenvalue weighted by Gasteiger charge is 2.29. The number of hydrogen-bond donors (Lipinski definition) is 0. The Morgan fingerprint density at radius 2 is 2.35 bits per heavy atom. The van der Waals surface area contributed by atoms with Crippen molar-refractivity contribution < 1.29 is 14.3 Å². The molecule has 1 unspecified atom stereocenters. The lowest BCUT2D eigenvalue weighted by atomic mass is 10.0. The van der Waals surface area contributed by atoms with E-state index in [-0.39, 0.29) is 11.8 Å². The van der Waals surface area contributed by atoms with Gasteiger partial charge in [0.15, 0.2) is 11.6 Å². The minimum atomic E-state index is -0.156. The van der Waals surface area contributed by atoms with Gasteiger partial charge in [-0.2, -0.15) is 5.10 Å². The van der Waals surface area contributed by atoms with Gasteiger partial charge in [0.25, 0.3) is 5.91 Å². The van der Waals surface area contributed by atoms with Crippen LogP contribution in [0.15, 0.2) is 24.5 Å². The van der Waals surface area contributed by atoms with Crippen molar-refractivity contribution in [3.05, 3.63) is 35.8 Å². The fraction of sp³-hybridized carbons (Fsp3) is 0.438. The summed E-state index contributed by atoms with van der Waals surface area (Å²) in [6.45, 7) is 1.31. The minimum Gasteiger partial charge on any atom is -0.493 e. The molecule has 2 aromatic heterocycles. The van der Waals surface area contributed by atoms with E-state index in [1.54, 1.807) is 43.4 Å². The molecule has 1 amide bonds. The molecule has 23 heavy (non-hydrogen) atoms. The molecule has 1 aliphatic rings. The van der Waals surface area contributed by atoms with Crippen molar-refractivity contribution in [1.29, 1.82) is 0 Å². The third-order valence-corrected chi connectivity index (χ3v) is 4.00. The summed E-state index contributed by atoms with van der Waals surface area (Å²) in [4.78, 5) is 18.7. The molecule has 2 aromatic rings. The normalized spacial score (nSPS) is 17.3. The monoisotopic (exact) mass is 316 g/mol. The Morgan fingerprint density at radius 3 is 3.04 bits per heavy atom. The number of pyridine rings is 1. The van der Waals surface area contributed by atoms with E-state index in [1.165, 1.54) is 4.90 Å². The molecule has 0 aromatic carbocycles. The number of rotatable bonds is 4. The molecule has 122 valence electrons. The summed E-state index contributed by atoms with van der Waals surface area (Å²) in [7, 11) is 5.07. The van der Waals surface area contributed by atoms with Crippen LogP contribution in [0.3, 0.4) is 0 Å². The standard InChI is InChI=1S/C16H20N4O3/c1-19-9-12(14(18-19)11-6-8-23-10-11)16(21)20(2)15-13(22-3)5-4-7-17-15/h4-5,7,9,11H,6,8,10H2,1-3H3. The van der Waals surface area contributed by atoms with Crippen molar-refractivity contribution >= 4 is 11.7 Å². The van der Waals surface area contributed by atoms with Gasteiger partial charge in [-0.1, -0.05) is 0 Å². The lowest BCUT2D eigenvalue weighted by Gasteiger charge is -2.19. The first kappa shape index (κ1) is 15.5. The van der Waals surface area contributed by atoms with Crippen LogP contribution in [-0.4, -0.2) is 48.0 Å². The summed E-state index contributed by atoms with van der Waals surface area (Å²) in [5.41, 5.74) is 1.37. The molecule has 1 saturated heterocycles. The fourth-order valence-electron chi connectivity index (χ4n) is 2.79. The van der Waals surface area contributed by atoms with E-state index in [2.05, 4.69) is 10.1 Å². The van der Waals surface area contributed by atoms with Crippen molar-refractivity contribution in [3.63, 3.8) is 0 Å². The van der Waals surface area contributed by atoms with Gasteiger partial charge in [0.05, 0.1) is 25.0 Å². The van der Waals surface area contributed by atoms with Crippen LogP contribution in [0.25, 0.3) is 0 Å². The minimum absolute atomic E-state index is 0.156. The van der Waals surface area contributed by atoms with E-state index < -0.39 is 0 Å². The summed E-state index contributed by atoms with van der Waals surface area (Å²) in [5, 5.41) is 4.47. The molecule has 1 fully saturated rings. The lowest BCUT2D eigenvalue weighted by molar-refractivity contribution is 0.0990. The van der Waals surface area contributed by atoms with Gasteiger partial charge in [-0.15, -0.1) is 0 Å². The second-order valence-corrected chi connectivity index (χ2v) is 5.56. The van der Waals surface area contributed by atoms with Crippen LogP contribution in [0.4, 0.5) is 5.82 Å². The highest BCUT2D eigenvalue weighted by Crippen LogP contribution is 2.30. The summed E-state index contributed by atoms with van der Waals surface area (Å²) < 4.78 is 12.4. The zero-order chi connectivity index (χ0) is 16.4. The van der Waals surface area contributed by atoms with Gasteiger partial charge in [0.2, 0.25) is 0 Å². The van der Waals surface area contributed by atoms with Gasteiger partial charge < -0.3 is 9.47 Å². The SMILES string of the molecule is COc1cccnc1N(C)C(=O)c1cn(C)nc1C1CCOC1. The van der Waals surface area contributed by atoms with E-state index in [9.17, 15) is 4.79 Å². The number of hydrogen-bond acceptors (Lipinski definition) is 5. The molecule has 7 nitrogen and oxygen atoms in total. The second-order valence-electron chi connectivity index (χ2n) is 5.56. The highest BCUT2D eigenvalue weighted by molar-refractivity contribution is 6.06. The summed E-state index contributed by atoms with van der Waals surface area (Å²) in [5.74, 6) is 1.04. The van der Waals surface area contributed by atoms with Crippen molar-refractivity contribution in [2.75, 3.05) is 32.3 Å². The van der Waals surface area contributed by atoms with Crippen molar-refractivity contribution in [2.45, 2.75) is 12.3 Å². The largest absolute Gasteiger partial charge is 0.493 e. The summed E-state index contributed by atoms with van der Waals surface area (Å²) in [6.07, 6.45) is 4.27. The molecule has 0 saturated carbocycles. The molecular weight excluding hydrogens is 296 g/mol. The first-order chi connectivity index (χ1) is 11.1. The Morgan fingerprint density at radius 1 is 1.52 bits per heavy atom. The number of aryl methyl sites for hydroxylation is 1. The molecule has 1 atom stereocenters. The van der Waals surface area contributed by atoms with Gasteiger partial charge >= 0.3 is 0 Å². The Labute approximate surface area is 134 Å². The third-order valence-electron chi connectivity index (χ3n) is 4.00. The lowest BCUT2D eigenvalue weighted by Crippen LogP contribution is -2.28. The molecule has 0 bridgehead atoms. The van der Waals surface area contributed by atoms with Gasteiger partial charge in [-0.25, -0.2) is 4.98 Å². The Balaban J connectivity index is 1.93. The zero-order valence-corrected chi connectivity index (χ0v) is 13.5. The Bertz CT molecular complexity index is 707. The van der Waals surface area contributed by atoms with Crippen molar-refractivity contribution in [2.24, 2.45) is 7.05 Å². The van der Waals surface area contributed by atoms with Crippen LogP contribution in [0, 0.1) is 0 Å². The van der Waals surface area contributed by atoms with E-state index in [1.807, 2.05) is 7.05 Å². The van der Waals surface area contributed by atoms with Gasteiger partial charge in [-0.05, 0) is 18.6 Å². The number of carbonyl (C=O) groups excluding carboxylic acids is 1. The number of anilines is 1. The average molecular weight is 316 g/mol. The second kappa shape index (κ2) is 6.37. The molecule has 3 heterocycles. The van der Waals surface area contributed by atoms with Crippen molar-refractivity contribution in [1.82, 2.24) is 14.8 Å². The topological polar surface area (TPSA) is 69.5 Å². The van der Waals surface area contributed by atoms with Gasteiger partial charge in [-0.3, -0.25) is 14.4 Å². The Hall–Kier alpha value is -2.41. The quantitative estimate of drug-likeness (QED) is 0.857. The smallest absolute Gasteiger partial charge is 0.262 e. The maximum absolute atomic E-state index is 12.9. The van der Waals surface area contributed by atoms with E-state index in [0.29, 0.717) is 30.3 Å². The number of ether oxygens (including phenoxy) is 2. The van der Waals surface area contributed by atoms with Crippen LogP contribution in [0.2, 0.25) is 0 Å². The molecule has 0 radical (unpaired) electrons. The molecule has 1 aliphatic heterocycles. The number of nitrogens with zero attached hydrogens (tertiary/aromatic N) is 4. The number of carbonyl (C=O) groups is 1. The molecule has 0 spiro atoms. The average Bonchev–Trinajstić information content (AvgIpc) is 3.22. The van der Waals surface area contributed by atoms with Gasteiger partial charge in [0.1, 0.15) is 0 Å². The number of amides is 1. The van der Waals surface area contributed by atoms with E-state index >= 15 is 0 Å². The molecule has 3 rings (SSSR count). The number of aromatic nitrogens is 3. The summed E-state index contributed by atoms with van der Waals surface area (Å²) in [6, 6.07) is 3.55. The Kier molecular flexibility index (Phi) is 4.29. The fourth-order valence-corrected chi connectivity index (χ4v) is 2.79. The van der Waals surface area contributed by atoms with Crippen molar-refractivity contribution in [3.8, 4) is 5.75 Å². The van der Waals surface area contributed by atoms with Crippen LogP contribution in [0.5, 0.6) is 5.75 Å². The third kappa shape index (κ3) is 2.92. The maximum Gasteiger partial charge on any atom is 0.262 e. The van der Waals surface area contributed by atoms with Crippen LogP contribution in [-0.2, 0) is 11.8 Å². The van der Waals surface area contributed by atoms with E-state index in [4.69, 9.17) is 9.47 Å². The van der Waals surface area contributed by atoms with Gasteiger partial charge in [0, 0.05) is 39.0 Å². The number of methoxy groups -OCH3 is 1.